The molecule has 0 aromatic heterocycles. The lowest BCUT2D eigenvalue weighted by Crippen LogP contribution is -2.31. The van der Waals surface area contributed by atoms with Crippen LogP contribution in [-0.4, -0.2) is 26.8 Å². The molecular formula is C18H20N2O3. The number of hydrogen-bond donors (Lipinski definition) is 1. The minimum Gasteiger partial charge on any atom is -0.466 e. The van der Waals surface area contributed by atoms with Crippen LogP contribution in [0.5, 0.6) is 0 Å². The Balaban J connectivity index is 2.72. The molecule has 0 amide bonds. The highest BCUT2D eigenvalue weighted by molar-refractivity contribution is 5.93. The number of ether oxygens (including phenoxy) is 2. The number of benzene rings is 1. The average molecular weight is 312 g/mol. The van der Waals surface area contributed by atoms with Crippen molar-refractivity contribution in [2.75, 3.05) is 20.8 Å². The lowest BCUT2D eigenvalue weighted by Gasteiger charge is -2.30. The molecule has 1 aliphatic rings. The maximum Gasteiger partial charge on any atom is 0.335 e. The quantitative estimate of drug-likeness (QED) is 0.686. The van der Waals surface area contributed by atoms with Gasteiger partial charge in [-0.15, -0.1) is 0 Å². The highest BCUT2D eigenvalue weighted by Gasteiger charge is 2.36. The van der Waals surface area contributed by atoms with Crippen molar-refractivity contribution >= 4 is 5.97 Å². The first kappa shape index (κ1) is 16.8. The Labute approximate surface area is 136 Å². The number of hydrogen-bond acceptors (Lipinski definition) is 4. The Morgan fingerprint density at radius 1 is 1.30 bits per heavy atom. The summed E-state index contributed by atoms with van der Waals surface area (Å²) < 4.78 is 10.2. The van der Waals surface area contributed by atoms with Gasteiger partial charge in [0, 0.05) is 12.8 Å². The zero-order valence-electron chi connectivity index (χ0n) is 13.8. The fourth-order valence-electron chi connectivity index (χ4n) is 2.86. The lowest BCUT2D eigenvalue weighted by atomic mass is 9.82. The van der Waals surface area contributed by atoms with Gasteiger partial charge in [-0.2, -0.15) is 0 Å². The summed E-state index contributed by atoms with van der Waals surface area (Å²) in [6.45, 7) is 11.6. The van der Waals surface area contributed by atoms with Crippen LogP contribution >= 0.6 is 0 Å². The first-order chi connectivity index (χ1) is 11.0. The van der Waals surface area contributed by atoms with E-state index in [1.54, 1.807) is 7.11 Å². The Kier molecular flexibility index (Phi) is 5.20. The van der Waals surface area contributed by atoms with Crippen LogP contribution in [0.2, 0.25) is 0 Å². The van der Waals surface area contributed by atoms with Crippen molar-refractivity contribution in [2.24, 2.45) is 0 Å². The van der Waals surface area contributed by atoms with E-state index in [1.807, 2.05) is 38.1 Å². The zero-order chi connectivity index (χ0) is 17.0. The van der Waals surface area contributed by atoms with E-state index in [2.05, 4.69) is 10.2 Å². The molecule has 1 heterocycles. The molecule has 0 spiro atoms. The number of methoxy groups -OCH3 is 2. The van der Waals surface area contributed by atoms with Crippen LogP contribution in [0.4, 0.5) is 0 Å². The summed E-state index contributed by atoms with van der Waals surface area (Å²) in [5.74, 6) is -0.904. The summed E-state index contributed by atoms with van der Waals surface area (Å²) in [4.78, 5) is 16.1. The molecule has 23 heavy (non-hydrogen) atoms. The van der Waals surface area contributed by atoms with Crippen molar-refractivity contribution < 1.29 is 14.3 Å². The Morgan fingerprint density at radius 3 is 2.57 bits per heavy atom. The number of esters is 1. The van der Waals surface area contributed by atoms with Gasteiger partial charge in [0.25, 0.3) is 0 Å². The van der Waals surface area contributed by atoms with Gasteiger partial charge in [0.05, 0.1) is 37.5 Å². The summed E-state index contributed by atoms with van der Waals surface area (Å²) in [5, 5.41) is 3.12. The monoisotopic (exact) mass is 312 g/mol. The maximum atomic E-state index is 12.4. The van der Waals surface area contributed by atoms with E-state index in [0.29, 0.717) is 17.0 Å². The molecule has 1 atom stereocenters. The number of allylic oxidation sites excluding steroid dienone is 2. The van der Waals surface area contributed by atoms with Crippen molar-refractivity contribution in [2.45, 2.75) is 19.8 Å². The van der Waals surface area contributed by atoms with Crippen LogP contribution in [0.3, 0.4) is 0 Å². The smallest absolute Gasteiger partial charge is 0.335 e. The molecule has 1 aromatic rings. The summed E-state index contributed by atoms with van der Waals surface area (Å²) in [6, 6.07) is 7.76. The van der Waals surface area contributed by atoms with E-state index in [1.165, 1.54) is 7.11 Å². The van der Waals surface area contributed by atoms with Crippen LogP contribution in [0.15, 0.2) is 46.9 Å². The molecule has 0 aliphatic carbocycles. The highest BCUT2D eigenvalue weighted by Crippen LogP contribution is 2.40. The Morgan fingerprint density at radius 2 is 2.00 bits per heavy atom. The van der Waals surface area contributed by atoms with E-state index in [4.69, 9.17) is 16.0 Å². The summed E-state index contributed by atoms with van der Waals surface area (Å²) >= 11 is 0. The van der Waals surface area contributed by atoms with E-state index in [9.17, 15) is 4.79 Å². The first-order valence-corrected chi connectivity index (χ1v) is 7.26. The summed E-state index contributed by atoms with van der Waals surface area (Å²) in [7, 11) is 2.91. The highest BCUT2D eigenvalue weighted by atomic mass is 16.5. The van der Waals surface area contributed by atoms with E-state index in [0.717, 1.165) is 16.8 Å². The number of nitrogens with zero attached hydrogens (tertiary/aromatic N) is 1. The average Bonchev–Trinajstić information content (AvgIpc) is 2.54. The molecule has 1 unspecified atom stereocenters. The van der Waals surface area contributed by atoms with E-state index in [-0.39, 0.29) is 6.61 Å². The molecule has 0 fully saturated rings. The second-order valence-electron chi connectivity index (χ2n) is 5.35. The number of rotatable bonds is 4. The number of carbonyl (C=O) groups excluding carboxylic acids is 1. The molecule has 5 heteroatoms. The van der Waals surface area contributed by atoms with Crippen LogP contribution in [0.25, 0.3) is 4.85 Å². The topological polar surface area (TPSA) is 51.9 Å². The molecule has 1 aromatic carbocycles. The molecule has 5 nitrogen and oxygen atoms in total. The third-order valence-electron chi connectivity index (χ3n) is 3.92. The molecule has 0 radical (unpaired) electrons. The van der Waals surface area contributed by atoms with Crippen molar-refractivity contribution in [3.05, 3.63) is 69.5 Å². The molecule has 0 saturated carbocycles. The SMILES string of the molecule is [C-]#[N+]C1=C(C)NC(COC)=C(C(=O)OC)C1c1ccccc1C. The third-order valence-corrected chi connectivity index (χ3v) is 3.92. The molecule has 120 valence electrons. The summed E-state index contributed by atoms with van der Waals surface area (Å²) in [5.41, 5.74) is 4.24. The number of nitrogens with one attached hydrogen (secondary N) is 1. The number of carbonyl (C=O) groups is 1. The third kappa shape index (κ3) is 3.13. The van der Waals surface area contributed by atoms with Crippen LogP contribution < -0.4 is 5.32 Å². The van der Waals surface area contributed by atoms with Gasteiger partial charge in [-0.3, -0.25) is 0 Å². The second kappa shape index (κ2) is 7.12. The molecule has 0 bridgehead atoms. The Hall–Kier alpha value is -2.58. The van der Waals surface area contributed by atoms with Crippen LogP contribution in [-0.2, 0) is 14.3 Å². The molecule has 2 rings (SSSR count). The molecule has 0 saturated heterocycles. The van der Waals surface area contributed by atoms with Crippen molar-refractivity contribution in [1.82, 2.24) is 5.32 Å². The Bertz CT molecular complexity index is 726. The lowest BCUT2D eigenvalue weighted by molar-refractivity contribution is -0.136. The minimum atomic E-state index is -0.452. The van der Waals surface area contributed by atoms with Crippen LogP contribution in [0, 0.1) is 13.5 Å². The second-order valence-corrected chi connectivity index (χ2v) is 5.35. The van der Waals surface area contributed by atoms with E-state index >= 15 is 0 Å². The normalized spacial score (nSPS) is 17.6. The van der Waals surface area contributed by atoms with Gasteiger partial charge >= 0.3 is 5.97 Å². The van der Waals surface area contributed by atoms with Gasteiger partial charge in [0.2, 0.25) is 0 Å². The zero-order valence-corrected chi connectivity index (χ0v) is 13.8. The molecule has 1 N–H and O–H groups in total. The number of aryl methyl sites for hydroxylation is 1. The predicted molar refractivity (Wildman–Crippen MR) is 87.3 cm³/mol. The maximum absolute atomic E-state index is 12.4. The van der Waals surface area contributed by atoms with Crippen molar-refractivity contribution in [3.63, 3.8) is 0 Å². The van der Waals surface area contributed by atoms with Gasteiger partial charge in [0.15, 0.2) is 5.70 Å². The molecular weight excluding hydrogens is 292 g/mol. The van der Waals surface area contributed by atoms with Gasteiger partial charge < -0.3 is 14.8 Å². The number of dihydropyridines is 1. The fraction of sp³-hybridized carbons (Fsp3) is 0.333. The summed E-state index contributed by atoms with van der Waals surface area (Å²) in [6.07, 6.45) is 0. The van der Waals surface area contributed by atoms with Crippen LogP contribution in [0.1, 0.15) is 24.0 Å². The van der Waals surface area contributed by atoms with E-state index < -0.39 is 11.9 Å². The largest absolute Gasteiger partial charge is 0.466 e. The van der Waals surface area contributed by atoms with Gasteiger partial charge in [-0.05, 0) is 25.0 Å². The predicted octanol–water partition coefficient (Wildman–Crippen LogP) is 2.91. The van der Waals surface area contributed by atoms with Gasteiger partial charge in [0.1, 0.15) is 0 Å². The molecule has 1 aliphatic heterocycles. The van der Waals surface area contributed by atoms with Crippen molar-refractivity contribution in [1.29, 1.82) is 0 Å². The van der Waals surface area contributed by atoms with Crippen molar-refractivity contribution in [3.8, 4) is 0 Å². The van der Waals surface area contributed by atoms with Gasteiger partial charge in [-0.25, -0.2) is 9.64 Å². The standard InChI is InChI=1S/C18H20N2O3/c1-11-8-6-7-9-13(11)15-16(18(21)23-5)14(10-22-4)20-12(2)17(15)19-3/h6-9,15,20H,10H2,1-2,4-5H3. The first-order valence-electron chi connectivity index (χ1n) is 7.26. The fourth-order valence-corrected chi connectivity index (χ4v) is 2.86. The minimum absolute atomic E-state index is 0.245. The van der Waals surface area contributed by atoms with Gasteiger partial charge in [-0.1, -0.05) is 24.3 Å².